The summed E-state index contributed by atoms with van der Waals surface area (Å²) in [5.74, 6) is -1.29. The number of carbonyl (C=O) groups is 2. The lowest BCUT2D eigenvalue weighted by molar-refractivity contribution is -0.123. The Bertz CT molecular complexity index is 243. The maximum absolute atomic E-state index is 10.9. The van der Waals surface area contributed by atoms with Gasteiger partial charge < -0.3 is 5.32 Å². The summed E-state index contributed by atoms with van der Waals surface area (Å²) in [6.45, 7) is 1.62. The molecule has 1 heterocycles. The number of nitrogens with zero attached hydrogens (tertiary/aromatic N) is 1. The van der Waals surface area contributed by atoms with E-state index in [1.54, 1.807) is 13.0 Å². The molecule has 0 saturated carbocycles. The number of imide groups is 1. The fraction of sp³-hybridized carbons (Fsp3) is 0.500. The van der Waals surface area contributed by atoms with E-state index in [0.29, 0.717) is 0 Å². The van der Waals surface area contributed by atoms with Crippen molar-refractivity contribution in [2.75, 3.05) is 0 Å². The van der Waals surface area contributed by atoms with Crippen molar-refractivity contribution < 1.29 is 9.59 Å². The van der Waals surface area contributed by atoms with Gasteiger partial charge in [0.05, 0.1) is 12.1 Å². The zero-order chi connectivity index (χ0) is 8.43. The maximum atomic E-state index is 10.9. The Balaban J connectivity index is 2.76. The summed E-state index contributed by atoms with van der Waals surface area (Å²) in [6, 6.07) is 0.862. The molecule has 1 aliphatic rings. The number of nitriles is 1. The van der Waals surface area contributed by atoms with Crippen molar-refractivity contribution in [3.05, 3.63) is 0 Å². The van der Waals surface area contributed by atoms with Crippen molar-refractivity contribution in [1.29, 1.82) is 5.26 Å². The lowest BCUT2D eigenvalue weighted by Crippen LogP contribution is -2.56. The van der Waals surface area contributed by atoms with Crippen LogP contribution in [-0.4, -0.2) is 18.0 Å². The highest BCUT2D eigenvalue weighted by molar-refractivity contribution is 5.99. The molecule has 1 rings (SSSR count). The highest BCUT2D eigenvalue weighted by Gasteiger charge is 2.32. The molecule has 58 valence electrons. The van der Waals surface area contributed by atoms with E-state index in [-0.39, 0.29) is 0 Å². The molecule has 0 bridgehead atoms. The summed E-state index contributed by atoms with van der Waals surface area (Å²) in [6.07, 6.45) is 0. The second kappa shape index (κ2) is 2.58. The fourth-order valence-electron chi connectivity index (χ4n) is 0.913. The van der Waals surface area contributed by atoms with Crippen LogP contribution in [0.15, 0.2) is 0 Å². The SMILES string of the molecule is CC1NC(=O)NC(=O)C1C#N. The molecule has 0 aromatic heterocycles. The molecule has 5 nitrogen and oxygen atoms in total. The Morgan fingerprint density at radius 3 is 2.64 bits per heavy atom. The Hall–Kier alpha value is -1.57. The third-order valence-corrected chi connectivity index (χ3v) is 1.52. The summed E-state index contributed by atoms with van der Waals surface area (Å²) in [5, 5.41) is 12.9. The van der Waals surface area contributed by atoms with Gasteiger partial charge in [-0.2, -0.15) is 5.26 Å². The molecule has 5 heteroatoms. The van der Waals surface area contributed by atoms with E-state index in [1.165, 1.54) is 0 Å². The van der Waals surface area contributed by atoms with Crippen molar-refractivity contribution >= 4 is 11.9 Å². The Morgan fingerprint density at radius 1 is 1.55 bits per heavy atom. The fourth-order valence-corrected chi connectivity index (χ4v) is 0.913. The average molecular weight is 153 g/mol. The van der Waals surface area contributed by atoms with Gasteiger partial charge >= 0.3 is 6.03 Å². The van der Waals surface area contributed by atoms with E-state index in [9.17, 15) is 9.59 Å². The molecule has 0 radical (unpaired) electrons. The Kier molecular flexibility index (Phi) is 1.77. The predicted molar refractivity (Wildman–Crippen MR) is 35.2 cm³/mol. The van der Waals surface area contributed by atoms with Crippen molar-refractivity contribution in [3.8, 4) is 6.07 Å². The number of rotatable bonds is 0. The number of carbonyl (C=O) groups excluding carboxylic acids is 2. The van der Waals surface area contributed by atoms with Gasteiger partial charge in [0, 0.05) is 0 Å². The second-order valence-electron chi connectivity index (χ2n) is 2.36. The largest absolute Gasteiger partial charge is 0.333 e. The standard InChI is InChI=1S/C6H7N3O2/c1-3-4(2-7)5(10)9-6(11)8-3/h3-4H,1H3,(H2,8,9,10,11). The van der Waals surface area contributed by atoms with E-state index in [1.807, 2.05) is 5.32 Å². The van der Waals surface area contributed by atoms with E-state index in [4.69, 9.17) is 5.26 Å². The minimum atomic E-state index is -0.771. The van der Waals surface area contributed by atoms with Gasteiger partial charge in [-0.15, -0.1) is 0 Å². The highest BCUT2D eigenvalue weighted by Crippen LogP contribution is 2.05. The molecule has 1 fully saturated rings. The van der Waals surface area contributed by atoms with Gasteiger partial charge in [0.15, 0.2) is 0 Å². The van der Waals surface area contributed by atoms with E-state index in [2.05, 4.69) is 5.32 Å². The molecule has 11 heavy (non-hydrogen) atoms. The van der Waals surface area contributed by atoms with Gasteiger partial charge in [-0.05, 0) is 6.92 Å². The summed E-state index contributed by atoms with van der Waals surface area (Å²) in [4.78, 5) is 21.4. The minimum absolute atomic E-state index is 0.402. The molecule has 2 unspecified atom stereocenters. The summed E-state index contributed by atoms with van der Waals surface area (Å²) in [7, 11) is 0. The highest BCUT2D eigenvalue weighted by atomic mass is 16.2. The lowest BCUT2D eigenvalue weighted by atomic mass is 10.0. The van der Waals surface area contributed by atoms with Crippen LogP contribution in [0.2, 0.25) is 0 Å². The number of hydrogen-bond acceptors (Lipinski definition) is 3. The van der Waals surface area contributed by atoms with Crippen molar-refractivity contribution in [3.63, 3.8) is 0 Å². The number of nitrogens with one attached hydrogen (secondary N) is 2. The van der Waals surface area contributed by atoms with Gasteiger partial charge in [-0.25, -0.2) is 4.79 Å². The van der Waals surface area contributed by atoms with Gasteiger partial charge in [0.1, 0.15) is 5.92 Å². The Labute approximate surface area is 63.4 Å². The molecule has 0 spiro atoms. The minimum Gasteiger partial charge on any atom is -0.333 e. The molecule has 0 aliphatic carbocycles. The summed E-state index contributed by atoms with van der Waals surface area (Å²) < 4.78 is 0. The molecule has 0 aromatic carbocycles. The van der Waals surface area contributed by atoms with Crippen molar-refractivity contribution in [2.24, 2.45) is 5.92 Å². The number of hydrogen-bond donors (Lipinski definition) is 2. The monoisotopic (exact) mass is 153 g/mol. The number of amides is 3. The quantitative estimate of drug-likeness (QED) is 0.485. The van der Waals surface area contributed by atoms with Crippen LogP contribution in [0.1, 0.15) is 6.92 Å². The van der Waals surface area contributed by atoms with Crippen LogP contribution in [0.25, 0.3) is 0 Å². The van der Waals surface area contributed by atoms with Crippen LogP contribution in [0.4, 0.5) is 4.79 Å². The first kappa shape index (κ1) is 7.54. The van der Waals surface area contributed by atoms with Gasteiger partial charge in [-0.1, -0.05) is 0 Å². The first-order chi connectivity index (χ1) is 5.15. The first-order valence-electron chi connectivity index (χ1n) is 3.16. The lowest BCUT2D eigenvalue weighted by Gasteiger charge is -2.23. The topological polar surface area (TPSA) is 82.0 Å². The smallest absolute Gasteiger partial charge is 0.321 e. The molecule has 1 aliphatic heterocycles. The first-order valence-corrected chi connectivity index (χ1v) is 3.16. The van der Waals surface area contributed by atoms with Crippen LogP contribution >= 0.6 is 0 Å². The van der Waals surface area contributed by atoms with Crippen LogP contribution in [0, 0.1) is 17.2 Å². The van der Waals surface area contributed by atoms with Crippen molar-refractivity contribution in [2.45, 2.75) is 13.0 Å². The Morgan fingerprint density at radius 2 is 2.18 bits per heavy atom. The molecule has 2 atom stereocenters. The summed E-state index contributed by atoms with van der Waals surface area (Å²) >= 11 is 0. The van der Waals surface area contributed by atoms with Crippen LogP contribution < -0.4 is 10.6 Å². The number of urea groups is 1. The third-order valence-electron chi connectivity index (χ3n) is 1.52. The normalized spacial score (nSPS) is 30.2. The molecule has 3 amide bonds. The second-order valence-corrected chi connectivity index (χ2v) is 2.36. The van der Waals surface area contributed by atoms with Gasteiger partial charge in [0.25, 0.3) is 0 Å². The van der Waals surface area contributed by atoms with Crippen molar-refractivity contribution in [1.82, 2.24) is 10.6 Å². The molecule has 2 N–H and O–H groups in total. The average Bonchev–Trinajstić information content (AvgIpc) is 1.85. The van der Waals surface area contributed by atoms with Crippen LogP contribution in [0.3, 0.4) is 0 Å². The third kappa shape index (κ3) is 1.29. The molecule has 1 saturated heterocycles. The van der Waals surface area contributed by atoms with Crippen LogP contribution in [0.5, 0.6) is 0 Å². The van der Waals surface area contributed by atoms with E-state index >= 15 is 0 Å². The van der Waals surface area contributed by atoms with Crippen LogP contribution in [-0.2, 0) is 4.79 Å². The predicted octanol–water partition coefficient (Wildman–Crippen LogP) is -0.646. The van der Waals surface area contributed by atoms with E-state index in [0.717, 1.165) is 0 Å². The maximum Gasteiger partial charge on any atom is 0.321 e. The van der Waals surface area contributed by atoms with Gasteiger partial charge in [-0.3, -0.25) is 10.1 Å². The van der Waals surface area contributed by atoms with Gasteiger partial charge in [0.2, 0.25) is 5.91 Å². The zero-order valence-electron chi connectivity index (χ0n) is 5.92. The zero-order valence-corrected chi connectivity index (χ0v) is 5.92. The molecule has 0 aromatic rings. The summed E-state index contributed by atoms with van der Waals surface area (Å²) in [5.41, 5.74) is 0. The van der Waals surface area contributed by atoms with E-state index < -0.39 is 23.9 Å². The molecular weight excluding hydrogens is 146 g/mol. The molecular formula is C6H7N3O2.